The number of nitrogens with zero attached hydrogens (tertiary/aromatic N) is 5. The number of hydrogen-bond acceptors (Lipinski definition) is 7. The van der Waals surface area contributed by atoms with Gasteiger partial charge in [0.15, 0.2) is 0 Å². The molecule has 33 heavy (non-hydrogen) atoms. The van der Waals surface area contributed by atoms with Gasteiger partial charge in [0.25, 0.3) is 0 Å². The van der Waals surface area contributed by atoms with Crippen molar-refractivity contribution in [2.75, 3.05) is 44.4 Å². The van der Waals surface area contributed by atoms with Gasteiger partial charge in [-0.2, -0.15) is 5.10 Å². The van der Waals surface area contributed by atoms with Gasteiger partial charge < -0.3 is 19.1 Å². The summed E-state index contributed by atoms with van der Waals surface area (Å²) in [6, 6.07) is -0.124. The summed E-state index contributed by atoms with van der Waals surface area (Å²) >= 11 is 0. The molecule has 182 valence electrons. The zero-order valence-electron chi connectivity index (χ0n) is 20.0. The lowest BCUT2D eigenvalue weighted by atomic mass is 9.87. The Balaban J connectivity index is 1.57. The second-order valence-corrected chi connectivity index (χ2v) is 10.2. The fraction of sp³-hybridized carbons (Fsp3) is 0.727. The molecule has 3 aliphatic heterocycles. The molecule has 2 atom stereocenters. The smallest absolute Gasteiger partial charge is 0.414 e. The molecule has 3 aliphatic rings. The minimum Gasteiger partial charge on any atom is -0.448 e. The van der Waals surface area contributed by atoms with Crippen LogP contribution in [0.5, 0.6) is 0 Å². The number of ether oxygens (including phenoxy) is 3. The van der Waals surface area contributed by atoms with E-state index < -0.39 is 23.2 Å². The molecule has 0 spiro atoms. The average Bonchev–Trinajstić information content (AvgIpc) is 3.16. The minimum atomic E-state index is -0.896. The zero-order chi connectivity index (χ0) is 24.0. The fourth-order valence-electron chi connectivity index (χ4n) is 4.40. The number of anilines is 1. The van der Waals surface area contributed by atoms with Crippen molar-refractivity contribution in [2.24, 2.45) is 5.41 Å². The quantitative estimate of drug-likeness (QED) is 0.659. The third-order valence-electron chi connectivity index (χ3n) is 6.19. The van der Waals surface area contributed by atoms with Gasteiger partial charge in [-0.25, -0.2) is 9.59 Å². The first-order chi connectivity index (χ1) is 15.5. The second kappa shape index (κ2) is 8.51. The van der Waals surface area contributed by atoms with E-state index in [1.807, 2.05) is 34.6 Å². The maximum absolute atomic E-state index is 13.3. The molecule has 4 rings (SSSR count). The van der Waals surface area contributed by atoms with Crippen LogP contribution >= 0.6 is 0 Å². The molecule has 0 N–H and O–H groups in total. The SMILES string of the molecule is CC1Cn2ncc(N3CC(C)(C(=O)N4CCOCC4)COC3=O)c2CN1C(=O)OC(C)(C)C. The van der Waals surface area contributed by atoms with Gasteiger partial charge in [-0.15, -0.1) is 0 Å². The fourth-order valence-corrected chi connectivity index (χ4v) is 4.40. The standard InChI is InChI=1S/C22H33N5O6/c1-15-11-27-17(12-25(15)20(30)33-21(2,3)4)16(10-23-27)26-13-22(5,14-32-19(26)29)18(28)24-6-8-31-9-7-24/h10,15H,6-9,11-14H2,1-5H3. The number of carbonyl (C=O) groups excluding carboxylic acids is 3. The van der Waals surface area contributed by atoms with Crippen LogP contribution in [0.4, 0.5) is 15.3 Å². The first kappa shape index (κ1) is 23.3. The molecule has 4 heterocycles. The largest absolute Gasteiger partial charge is 0.448 e. The highest BCUT2D eigenvalue weighted by Crippen LogP contribution is 2.34. The lowest BCUT2D eigenvalue weighted by molar-refractivity contribution is -0.148. The van der Waals surface area contributed by atoms with Crippen LogP contribution in [-0.4, -0.2) is 88.8 Å². The first-order valence-corrected chi connectivity index (χ1v) is 11.3. The van der Waals surface area contributed by atoms with Crippen LogP contribution in [0, 0.1) is 5.41 Å². The predicted molar refractivity (Wildman–Crippen MR) is 118 cm³/mol. The summed E-state index contributed by atoms with van der Waals surface area (Å²) in [7, 11) is 0. The van der Waals surface area contributed by atoms with E-state index in [1.54, 1.807) is 20.7 Å². The van der Waals surface area contributed by atoms with Crippen molar-refractivity contribution in [3.8, 4) is 0 Å². The summed E-state index contributed by atoms with van der Waals surface area (Å²) in [5.74, 6) is -0.0617. The van der Waals surface area contributed by atoms with Crippen LogP contribution in [0.3, 0.4) is 0 Å². The van der Waals surface area contributed by atoms with E-state index in [-0.39, 0.29) is 31.6 Å². The van der Waals surface area contributed by atoms with Crippen LogP contribution in [-0.2, 0) is 32.1 Å². The number of rotatable bonds is 2. The van der Waals surface area contributed by atoms with E-state index in [0.29, 0.717) is 44.2 Å². The van der Waals surface area contributed by atoms with Crippen molar-refractivity contribution < 1.29 is 28.6 Å². The van der Waals surface area contributed by atoms with Gasteiger partial charge in [-0.05, 0) is 34.6 Å². The van der Waals surface area contributed by atoms with Gasteiger partial charge in [0.2, 0.25) is 5.91 Å². The van der Waals surface area contributed by atoms with Gasteiger partial charge in [0.1, 0.15) is 12.2 Å². The van der Waals surface area contributed by atoms with Crippen molar-refractivity contribution in [2.45, 2.75) is 59.4 Å². The molecule has 0 aromatic carbocycles. The molecule has 0 aliphatic carbocycles. The number of amides is 3. The molecular formula is C22H33N5O6. The van der Waals surface area contributed by atoms with Gasteiger partial charge in [-0.1, -0.05) is 0 Å². The Morgan fingerprint density at radius 2 is 1.94 bits per heavy atom. The molecule has 3 amide bonds. The molecule has 0 saturated carbocycles. The third kappa shape index (κ3) is 4.64. The number of carbonyl (C=O) groups is 3. The van der Waals surface area contributed by atoms with Crippen molar-refractivity contribution in [3.05, 3.63) is 11.9 Å². The summed E-state index contributed by atoms with van der Waals surface area (Å²) in [6.07, 6.45) is 0.662. The Hall–Kier alpha value is -2.82. The molecule has 1 aromatic heterocycles. The summed E-state index contributed by atoms with van der Waals surface area (Å²) in [4.78, 5) is 43.7. The van der Waals surface area contributed by atoms with E-state index in [4.69, 9.17) is 14.2 Å². The molecule has 0 bridgehead atoms. The summed E-state index contributed by atoms with van der Waals surface area (Å²) in [5, 5.41) is 4.44. The van der Waals surface area contributed by atoms with Crippen LogP contribution in [0.2, 0.25) is 0 Å². The summed E-state index contributed by atoms with van der Waals surface area (Å²) in [6.45, 7) is 12.2. The molecule has 2 fully saturated rings. The molecule has 0 radical (unpaired) electrons. The van der Waals surface area contributed by atoms with E-state index in [2.05, 4.69) is 5.10 Å². The van der Waals surface area contributed by atoms with Crippen LogP contribution < -0.4 is 4.90 Å². The lowest BCUT2D eigenvalue weighted by Gasteiger charge is -2.42. The Kier molecular flexibility index (Phi) is 6.02. The maximum atomic E-state index is 13.3. The highest BCUT2D eigenvalue weighted by Gasteiger charge is 2.46. The van der Waals surface area contributed by atoms with Crippen molar-refractivity contribution in [1.82, 2.24) is 19.6 Å². The van der Waals surface area contributed by atoms with Crippen LogP contribution in [0.15, 0.2) is 6.20 Å². The zero-order valence-corrected chi connectivity index (χ0v) is 20.0. The van der Waals surface area contributed by atoms with E-state index in [9.17, 15) is 14.4 Å². The third-order valence-corrected chi connectivity index (χ3v) is 6.19. The van der Waals surface area contributed by atoms with Crippen molar-refractivity contribution in [1.29, 1.82) is 0 Å². The first-order valence-electron chi connectivity index (χ1n) is 11.3. The number of hydrogen-bond donors (Lipinski definition) is 0. The average molecular weight is 464 g/mol. The molecule has 2 saturated heterocycles. The Labute approximate surface area is 193 Å². The van der Waals surface area contributed by atoms with Crippen LogP contribution in [0.25, 0.3) is 0 Å². The van der Waals surface area contributed by atoms with Gasteiger partial charge in [0, 0.05) is 19.6 Å². The maximum Gasteiger partial charge on any atom is 0.414 e. The predicted octanol–water partition coefficient (Wildman–Crippen LogP) is 1.84. The molecular weight excluding hydrogens is 430 g/mol. The molecule has 1 aromatic rings. The van der Waals surface area contributed by atoms with Crippen molar-refractivity contribution >= 4 is 23.8 Å². The summed E-state index contributed by atoms with van der Waals surface area (Å²) < 4.78 is 18.2. The summed E-state index contributed by atoms with van der Waals surface area (Å²) in [5.41, 5.74) is -0.261. The number of morpholine rings is 1. The Morgan fingerprint density at radius 3 is 2.61 bits per heavy atom. The highest BCUT2D eigenvalue weighted by atomic mass is 16.6. The molecule has 2 unspecified atom stereocenters. The Bertz CT molecular complexity index is 934. The van der Waals surface area contributed by atoms with Gasteiger partial charge in [-0.3, -0.25) is 19.3 Å². The number of fused-ring (bicyclic) bond motifs is 1. The number of cyclic esters (lactones) is 1. The van der Waals surface area contributed by atoms with Crippen LogP contribution in [0.1, 0.15) is 40.3 Å². The lowest BCUT2D eigenvalue weighted by Crippen LogP contribution is -2.58. The second-order valence-electron chi connectivity index (χ2n) is 10.2. The Morgan fingerprint density at radius 1 is 1.24 bits per heavy atom. The van der Waals surface area contributed by atoms with Gasteiger partial charge >= 0.3 is 12.2 Å². The van der Waals surface area contributed by atoms with Gasteiger partial charge in [0.05, 0.1) is 55.3 Å². The number of aromatic nitrogens is 2. The molecule has 11 nitrogen and oxygen atoms in total. The highest BCUT2D eigenvalue weighted by molar-refractivity contribution is 5.93. The normalized spacial score (nSPS) is 26.0. The van der Waals surface area contributed by atoms with E-state index in [0.717, 1.165) is 0 Å². The molecule has 11 heteroatoms. The minimum absolute atomic E-state index is 0.0169. The van der Waals surface area contributed by atoms with Crippen molar-refractivity contribution in [3.63, 3.8) is 0 Å². The van der Waals surface area contributed by atoms with E-state index in [1.165, 1.54) is 4.90 Å². The topological polar surface area (TPSA) is 106 Å². The van der Waals surface area contributed by atoms with E-state index >= 15 is 0 Å². The monoisotopic (exact) mass is 463 g/mol.